The van der Waals surface area contributed by atoms with Crippen LogP contribution in [0.25, 0.3) is 0 Å². The second kappa shape index (κ2) is 9.00. The van der Waals surface area contributed by atoms with E-state index in [1.54, 1.807) is 3.88 Å². The van der Waals surface area contributed by atoms with Crippen molar-refractivity contribution in [3.63, 3.8) is 0 Å². The standard InChI is InChI=1S/C9H17NO.C9H13.C2H7Si.Ti/c10-9(11)8-6-4-2-1-3-5-7-8;1-6-5-7(2)9(4)8(6)3;1-3-2;/h8H,1-7H2,(H2,10,11);6H,1-4H3;3H,1-2H3;/q;;;+1/p-1. The molecular weight excluding hydrogens is 346 g/mol. The van der Waals surface area contributed by atoms with Gasteiger partial charge in [0.05, 0.1) is 0 Å². The quantitative estimate of drug-likeness (QED) is 0.662. The first kappa shape index (κ1) is 20.2. The minimum atomic E-state index is -1.66. The number of nitrogens with one attached hydrogen (secondary N) is 1. The first-order valence-electron chi connectivity index (χ1n) is 9.91. The van der Waals surface area contributed by atoms with E-state index in [1.165, 1.54) is 48.8 Å². The molecule has 0 aromatic rings. The summed E-state index contributed by atoms with van der Waals surface area (Å²) in [5.41, 5.74) is 4.52. The number of hydrogen-bond donors (Lipinski definition) is 1. The Balaban J connectivity index is 2.13. The molecule has 0 aliphatic heterocycles. The van der Waals surface area contributed by atoms with Crippen LogP contribution in [-0.4, -0.2) is 12.6 Å². The first-order valence-corrected chi connectivity index (χ1v) is 17.1. The number of carbonyl (C=O) groups is 1. The predicted molar refractivity (Wildman–Crippen MR) is 103 cm³/mol. The van der Waals surface area contributed by atoms with Crippen molar-refractivity contribution in [1.82, 2.24) is 3.80 Å². The Morgan fingerprint density at radius 2 is 1.54 bits per heavy atom. The average Bonchev–Trinajstić information content (AvgIpc) is 2.68. The van der Waals surface area contributed by atoms with Crippen molar-refractivity contribution in [2.75, 3.05) is 0 Å². The number of amides is 1. The van der Waals surface area contributed by atoms with Crippen molar-refractivity contribution in [2.24, 2.45) is 11.8 Å². The fourth-order valence-corrected chi connectivity index (χ4v) is 14.9. The molecule has 2 rings (SSSR count). The Labute approximate surface area is 156 Å². The van der Waals surface area contributed by atoms with Crippen LogP contribution >= 0.6 is 0 Å². The Hall–Kier alpha value is -0.119. The third kappa shape index (κ3) is 4.53. The van der Waals surface area contributed by atoms with Crippen molar-refractivity contribution in [3.8, 4) is 0 Å². The monoisotopic (exact) mass is 382 g/mol. The molecule has 0 aromatic heterocycles. The van der Waals surface area contributed by atoms with Gasteiger partial charge in [-0.3, -0.25) is 0 Å². The van der Waals surface area contributed by atoms with Crippen LogP contribution in [0.5, 0.6) is 0 Å². The van der Waals surface area contributed by atoms with Gasteiger partial charge in [0, 0.05) is 0 Å². The van der Waals surface area contributed by atoms with Crippen LogP contribution in [0.3, 0.4) is 0 Å². The van der Waals surface area contributed by atoms with E-state index in [0.717, 1.165) is 12.8 Å². The molecular formula is C20H36NOSiTi. The first-order chi connectivity index (χ1) is 11.3. The molecule has 0 saturated heterocycles. The van der Waals surface area contributed by atoms with E-state index >= 15 is 0 Å². The van der Waals surface area contributed by atoms with Gasteiger partial charge in [-0.05, 0) is 0 Å². The third-order valence-electron chi connectivity index (χ3n) is 6.24. The van der Waals surface area contributed by atoms with Gasteiger partial charge in [-0.2, -0.15) is 0 Å². The summed E-state index contributed by atoms with van der Waals surface area (Å²) in [5.74, 6) is 1.25. The second-order valence-electron chi connectivity index (χ2n) is 8.17. The fraction of sp³-hybridized carbons (Fsp3) is 0.750. The molecule has 0 spiro atoms. The van der Waals surface area contributed by atoms with Crippen LogP contribution in [0.1, 0.15) is 72.6 Å². The van der Waals surface area contributed by atoms with E-state index in [4.69, 9.17) is 0 Å². The second-order valence-corrected chi connectivity index (χ2v) is 20.8. The fourth-order valence-electron chi connectivity index (χ4n) is 4.27. The molecule has 2 aliphatic rings. The topological polar surface area (TPSA) is 29.1 Å². The Morgan fingerprint density at radius 1 is 1.00 bits per heavy atom. The molecule has 0 radical (unpaired) electrons. The van der Waals surface area contributed by atoms with Crippen molar-refractivity contribution < 1.29 is 22.2 Å². The van der Waals surface area contributed by atoms with Crippen molar-refractivity contribution >= 4 is 12.6 Å². The summed E-state index contributed by atoms with van der Waals surface area (Å²) in [6.45, 7) is 13.2. The van der Waals surface area contributed by atoms with Gasteiger partial charge < -0.3 is 0 Å². The van der Waals surface area contributed by atoms with E-state index in [0.29, 0.717) is 11.8 Å². The van der Waals surface area contributed by atoms with Crippen LogP contribution in [0.15, 0.2) is 20.6 Å². The Kier molecular flexibility index (Phi) is 7.58. The summed E-state index contributed by atoms with van der Waals surface area (Å²) in [6.07, 6.45) is 8.70. The summed E-state index contributed by atoms with van der Waals surface area (Å²) >= 11 is -1.66. The SMILES string of the molecule is CC1=C(C)C(C)[C]([Ti]([NH]C(=O)C2CCCCCCC2)[SiH](C)C)=C1C. The van der Waals surface area contributed by atoms with Crippen LogP contribution in [0.4, 0.5) is 0 Å². The van der Waals surface area contributed by atoms with Crippen LogP contribution in [0, 0.1) is 11.8 Å². The van der Waals surface area contributed by atoms with Crippen LogP contribution in [0.2, 0.25) is 13.1 Å². The number of rotatable bonds is 4. The van der Waals surface area contributed by atoms with Crippen molar-refractivity contribution in [2.45, 2.75) is 85.7 Å². The number of carbonyl (C=O) groups excluding carboxylic acids is 1. The predicted octanol–water partition coefficient (Wildman–Crippen LogP) is 5.24. The van der Waals surface area contributed by atoms with E-state index in [-0.39, 0.29) is 5.92 Å². The number of allylic oxidation sites excluding steroid dienone is 4. The zero-order valence-electron chi connectivity index (χ0n) is 16.6. The van der Waals surface area contributed by atoms with E-state index in [1.807, 2.05) is 0 Å². The molecule has 1 saturated carbocycles. The molecule has 1 N–H and O–H groups in total. The molecule has 2 aliphatic carbocycles. The molecule has 24 heavy (non-hydrogen) atoms. The van der Waals surface area contributed by atoms with Gasteiger partial charge in [0.2, 0.25) is 0 Å². The van der Waals surface area contributed by atoms with Gasteiger partial charge in [-0.25, -0.2) is 0 Å². The van der Waals surface area contributed by atoms with Gasteiger partial charge in [0.1, 0.15) is 0 Å². The van der Waals surface area contributed by atoms with Gasteiger partial charge in [-0.1, -0.05) is 0 Å². The molecule has 4 heteroatoms. The van der Waals surface area contributed by atoms with Crippen molar-refractivity contribution in [3.05, 3.63) is 20.6 Å². The molecule has 1 atom stereocenters. The van der Waals surface area contributed by atoms with Gasteiger partial charge in [-0.15, -0.1) is 0 Å². The third-order valence-corrected chi connectivity index (χ3v) is 17.7. The minimum absolute atomic E-state index is 0.285. The van der Waals surface area contributed by atoms with Crippen LogP contribution < -0.4 is 3.80 Å². The van der Waals surface area contributed by atoms with Gasteiger partial charge >= 0.3 is 157 Å². The summed E-state index contributed by atoms with van der Waals surface area (Å²) in [4.78, 5) is 13.0. The maximum absolute atomic E-state index is 13.0. The van der Waals surface area contributed by atoms with Crippen molar-refractivity contribution in [1.29, 1.82) is 0 Å². The molecule has 0 heterocycles. The van der Waals surface area contributed by atoms with Gasteiger partial charge in [0.15, 0.2) is 0 Å². The number of hydrogen-bond acceptors (Lipinski definition) is 1. The molecule has 0 bridgehead atoms. The zero-order chi connectivity index (χ0) is 17.9. The van der Waals surface area contributed by atoms with E-state index < -0.39 is 24.0 Å². The Bertz CT molecular complexity index is 530. The maximum atomic E-state index is 13.0. The van der Waals surface area contributed by atoms with E-state index in [9.17, 15) is 4.79 Å². The summed E-state index contributed by atoms with van der Waals surface area (Å²) in [7, 11) is 0. The molecule has 1 amide bonds. The Morgan fingerprint density at radius 3 is 2.00 bits per heavy atom. The summed E-state index contributed by atoms with van der Waals surface area (Å²) in [6, 6.07) is 0. The molecule has 1 fully saturated rings. The summed E-state index contributed by atoms with van der Waals surface area (Å²) < 4.78 is 5.36. The molecule has 2 nitrogen and oxygen atoms in total. The molecule has 135 valence electrons. The zero-order valence-corrected chi connectivity index (χ0v) is 19.3. The summed E-state index contributed by atoms with van der Waals surface area (Å²) in [5, 5.41) is 0. The molecule has 0 aromatic carbocycles. The average molecular weight is 382 g/mol. The van der Waals surface area contributed by atoms with Gasteiger partial charge in [0.25, 0.3) is 0 Å². The molecule has 1 unspecified atom stereocenters. The van der Waals surface area contributed by atoms with E-state index in [2.05, 4.69) is 44.6 Å². The van der Waals surface area contributed by atoms with Crippen LogP contribution in [-0.2, 0) is 22.2 Å². The normalized spacial score (nSPS) is 23.5.